The molecule has 0 aliphatic carbocycles. The minimum Gasteiger partial charge on any atom is -0.494 e. The number of thioether (sulfide) groups is 1. The molecular formula is C12H16N2OS. The number of nitrogens with one attached hydrogen (secondary N) is 1. The van der Waals surface area contributed by atoms with E-state index in [1.54, 1.807) is 11.8 Å². The number of nitrogens with zero attached hydrogens (tertiary/aromatic N) is 1. The van der Waals surface area contributed by atoms with Crippen LogP contribution in [0, 0.1) is 0 Å². The van der Waals surface area contributed by atoms with Gasteiger partial charge in [0.25, 0.3) is 0 Å². The molecule has 0 amide bonds. The fourth-order valence-electron chi connectivity index (χ4n) is 1.50. The Balaban J connectivity index is 2.30. The Morgan fingerprint density at radius 2 is 2.25 bits per heavy atom. The molecule has 0 radical (unpaired) electrons. The van der Waals surface area contributed by atoms with E-state index < -0.39 is 0 Å². The van der Waals surface area contributed by atoms with E-state index >= 15 is 0 Å². The summed E-state index contributed by atoms with van der Waals surface area (Å²) in [6.07, 6.45) is 0. The highest BCUT2D eigenvalue weighted by Crippen LogP contribution is 2.25. The van der Waals surface area contributed by atoms with Crippen molar-refractivity contribution in [1.82, 2.24) is 9.97 Å². The van der Waals surface area contributed by atoms with Gasteiger partial charge in [0.05, 0.1) is 17.6 Å². The van der Waals surface area contributed by atoms with Crippen molar-refractivity contribution >= 4 is 22.8 Å². The molecule has 1 heterocycles. The van der Waals surface area contributed by atoms with Crippen LogP contribution in [0.15, 0.2) is 23.4 Å². The lowest BCUT2D eigenvalue weighted by atomic mass is 10.3. The molecular weight excluding hydrogens is 220 g/mol. The number of imidazole rings is 1. The van der Waals surface area contributed by atoms with Crippen molar-refractivity contribution in [3.8, 4) is 5.75 Å². The van der Waals surface area contributed by atoms with Crippen LogP contribution < -0.4 is 4.74 Å². The summed E-state index contributed by atoms with van der Waals surface area (Å²) < 4.78 is 5.45. The van der Waals surface area contributed by atoms with Gasteiger partial charge in [-0.1, -0.05) is 25.6 Å². The average molecular weight is 236 g/mol. The van der Waals surface area contributed by atoms with E-state index in [-0.39, 0.29) is 0 Å². The molecule has 0 bridgehead atoms. The van der Waals surface area contributed by atoms with Crippen LogP contribution in [0.1, 0.15) is 20.8 Å². The Morgan fingerprint density at radius 3 is 2.94 bits per heavy atom. The zero-order valence-corrected chi connectivity index (χ0v) is 10.6. The lowest BCUT2D eigenvalue weighted by molar-refractivity contribution is 0.340. The lowest BCUT2D eigenvalue weighted by Crippen LogP contribution is -1.90. The SMILES string of the molecule is CCOc1ccc2nc(SC(C)C)[nH]c2c1. The number of fused-ring (bicyclic) bond motifs is 1. The first-order chi connectivity index (χ1) is 7.69. The second-order valence-electron chi connectivity index (χ2n) is 3.82. The van der Waals surface area contributed by atoms with Gasteiger partial charge in [-0.3, -0.25) is 0 Å². The van der Waals surface area contributed by atoms with E-state index in [0.717, 1.165) is 21.9 Å². The summed E-state index contributed by atoms with van der Waals surface area (Å²) in [5.74, 6) is 0.889. The first-order valence-electron chi connectivity index (χ1n) is 5.48. The third-order valence-electron chi connectivity index (χ3n) is 2.09. The minimum atomic E-state index is 0.534. The van der Waals surface area contributed by atoms with Gasteiger partial charge in [-0.05, 0) is 19.1 Å². The smallest absolute Gasteiger partial charge is 0.166 e. The number of hydrogen-bond donors (Lipinski definition) is 1. The largest absolute Gasteiger partial charge is 0.494 e. The Hall–Kier alpha value is -1.16. The maximum absolute atomic E-state index is 5.45. The second kappa shape index (κ2) is 4.78. The quantitative estimate of drug-likeness (QED) is 0.826. The molecule has 1 N–H and O–H groups in total. The molecule has 4 heteroatoms. The van der Waals surface area contributed by atoms with Crippen LogP contribution in [0.2, 0.25) is 0 Å². The molecule has 0 aliphatic heterocycles. The first-order valence-corrected chi connectivity index (χ1v) is 6.36. The Morgan fingerprint density at radius 1 is 1.44 bits per heavy atom. The van der Waals surface area contributed by atoms with Crippen molar-refractivity contribution in [2.24, 2.45) is 0 Å². The Labute approximate surface area is 99.6 Å². The maximum atomic E-state index is 5.45. The first kappa shape index (κ1) is 11.3. The van der Waals surface area contributed by atoms with Gasteiger partial charge in [0.2, 0.25) is 0 Å². The zero-order valence-electron chi connectivity index (χ0n) is 9.78. The molecule has 0 saturated carbocycles. The van der Waals surface area contributed by atoms with E-state index in [1.807, 2.05) is 25.1 Å². The highest BCUT2D eigenvalue weighted by atomic mass is 32.2. The number of ether oxygens (including phenoxy) is 1. The monoisotopic (exact) mass is 236 g/mol. The van der Waals surface area contributed by atoms with Crippen molar-refractivity contribution in [2.45, 2.75) is 31.2 Å². The summed E-state index contributed by atoms with van der Waals surface area (Å²) in [6, 6.07) is 5.94. The Kier molecular flexibility index (Phi) is 3.39. The van der Waals surface area contributed by atoms with Gasteiger partial charge in [-0.2, -0.15) is 0 Å². The molecule has 0 aliphatic rings. The summed E-state index contributed by atoms with van der Waals surface area (Å²) in [5.41, 5.74) is 2.03. The summed E-state index contributed by atoms with van der Waals surface area (Å²) in [6.45, 7) is 6.98. The molecule has 0 atom stereocenters. The molecule has 0 saturated heterocycles. The maximum Gasteiger partial charge on any atom is 0.166 e. The Bertz CT molecular complexity index is 479. The number of aromatic amines is 1. The third kappa shape index (κ3) is 2.50. The predicted molar refractivity (Wildman–Crippen MR) is 68.3 cm³/mol. The number of aromatic nitrogens is 2. The van der Waals surface area contributed by atoms with Crippen LogP contribution in [0.5, 0.6) is 5.75 Å². The summed E-state index contributed by atoms with van der Waals surface area (Å²) >= 11 is 1.74. The third-order valence-corrected chi connectivity index (χ3v) is 2.98. The number of rotatable bonds is 4. The zero-order chi connectivity index (χ0) is 11.5. The predicted octanol–water partition coefficient (Wildman–Crippen LogP) is 3.46. The average Bonchev–Trinajstić information content (AvgIpc) is 2.58. The van der Waals surface area contributed by atoms with Crippen molar-refractivity contribution in [3.63, 3.8) is 0 Å². The highest BCUT2D eigenvalue weighted by molar-refractivity contribution is 7.99. The van der Waals surface area contributed by atoms with E-state index in [1.165, 1.54) is 0 Å². The van der Waals surface area contributed by atoms with Crippen molar-refractivity contribution in [2.75, 3.05) is 6.61 Å². The molecule has 1 aromatic heterocycles. The van der Waals surface area contributed by atoms with Crippen molar-refractivity contribution < 1.29 is 4.74 Å². The fraction of sp³-hybridized carbons (Fsp3) is 0.417. The lowest BCUT2D eigenvalue weighted by Gasteiger charge is -2.00. The molecule has 0 spiro atoms. The molecule has 1 aromatic carbocycles. The minimum absolute atomic E-state index is 0.534. The van der Waals surface area contributed by atoms with Gasteiger partial charge in [-0.15, -0.1) is 0 Å². The molecule has 0 fully saturated rings. The number of H-pyrrole nitrogens is 1. The number of benzene rings is 1. The van der Waals surface area contributed by atoms with Crippen LogP contribution in [0.25, 0.3) is 11.0 Å². The van der Waals surface area contributed by atoms with Gasteiger partial charge in [-0.25, -0.2) is 4.98 Å². The van der Waals surface area contributed by atoms with Crippen LogP contribution >= 0.6 is 11.8 Å². The van der Waals surface area contributed by atoms with E-state index in [9.17, 15) is 0 Å². The van der Waals surface area contributed by atoms with E-state index in [4.69, 9.17) is 4.74 Å². The van der Waals surface area contributed by atoms with Gasteiger partial charge in [0, 0.05) is 11.3 Å². The highest BCUT2D eigenvalue weighted by Gasteiger charge is 2.06. The number of hydrogen-bond acceptors (Lipinski definition) is 3. The van der Waals surface area contributed by atoms with Crippen LogP contribution in [-0.2, 0) is 0 Å². The van der Waals surface area contributed by atoms with E-state index in [2.05, 4.69) is 23.8 Å². The summed E-state index contributed by atoms with van der Waals surface area (Å²) in [5, 5.41) is 1.51. The van der Waals surface area contributed by atoms with E-state index in [0.29, 0.717) is 11.9 Å². The molecule has 3 nitrogen and oxygen atoms in total. The van der Waals surface area contributed by atoms with Gasteiger partial charge in [0.1, 0.15) is 5.75 Å². The molecule has 2 rings (SSSR count). The van der Waals surface area contributed by atoms with Crippen LogP contribution in [0.4, 0.5) is 0 Å². The van der Waals surface area contributed by atoms with Crippen molar-refractivity contribution in [1.29, 1.82) is 0 Å². The van der Waals surface area contributed by atoms with Gasteiger partial charge in [0.15, 0.2) is 5.16 Å². The summed E-state index contributed by atoms with van der Waals surface area (Å²) in [4.78, 5) is 7.80. The summed E-state index contributed by atoms with van der Waals surface area (Å²) in [7, 11) is 0. The molecule has 86 valence electrons. The molecule has 16 heavy (non-hydrogen) atoms. The van der Waals surface area contributed by atoms with Gasteiger partial charge < -0.3 is 9.72 Å². The normalized spacial score (nSPS) is 11.2. The topological polar surface area (TPSA) is 37.9 Å². The molecule has 0 unspecified atom stereocenters. The van der Waals surface area contributed by atoms with Crippen LogP contribution in [-0.4, -0.2) is 21.8 Å². The second-order valence-corrected chi connectivity index (χ2v) is 5.39. The van der Waals surface area contributed by atoms with Gasteiger partial charge >= 0.3 is 0 Å². The molecule has 2 aromatic rings. The van der Waals surface area contributed by atoms with Crippen molar-refractivity contribution in [3.05, 3.63) is 18.2 Å². The fourth-order valence-corrected chi connectivity index (χ4v) is 2.27. The standard InChI is InChI=1S/C12H16N2OS/c1-4-15-9-5-6-10-11(7-9)14-12(13-10)16-8(2)3/h5-8H,4H2,1-3H3,(H,13,14). The van der Waals surface area contributed by atoms with Crippen LogP contribution in [0.3, 0.4) is 0 Å².